The lowest BCUT2D eigenvalue weighted by molar-refractivity contribution is -0.274. The molecule has 0 atom stereocenters. The number of benzene rings is 1. The van der Waals surface area contributed by atoms with E-state index in [-0.39, 0.29) is 10.8 Å². The first kappa shape index (κ1) is 10.6. The molecule has 0 saturated heterocycles. The van der Waals surface area contributed by atoms with Crippen LogP contribution < -0.4 is 4.74 Å². The molecule has 0 amide bonds. The van der Waals surface area contributed by atoms with E-state index in [0.717, 1.165) is 0 Å². The van der Waals surface area contributed by atoms with Crippen LogP contribution in [0, 0.1) is 0 Å². The van der Waals surface area contributed by atoms with Crippen molar-refractivity contribution in [2.45, 2.75) is 6.36 Å². The van der Waals surface area contributed by atoms with Crippen molar-refractivity contribution in [3.8, 4) is 5.75 Å². The van der Waals surface area contributed by atoms with Gasteiger partial charge in [-0.05, 0) is 12.1 Å². The van der Waals surface area contributed by atoms with Crippen LogP contribution >= 0.6 is 22.9 Å². The van der Waals surface area contributed by atoms with Gasteiger partial charge in [-0.2, -0.15) is 0 Å². The van der Waals surface area contributed by atoms with E-state index in [1.54, 1.807) is 11.4 Å². The van der Waals surface area contributed by atoms with Gasteiger partial charge in [-0.3, -0.25) is 0 Å². The van der Waals surface area contributed by atoms with E-state index in [2.05, 4.69) is 4.74 Å². The summed E-state index contributed by atoms with van der Waals surface area (Å²) in [5.74, 6) is -0.258. The molecular weight excluding hydrogens is 249 g/mol. The molecule has 1 aromatic heterocycles. The standard InChI is InChI=1S/C9H4ClF3OS/c10-5-4-15-7-3-1-2-6(8(5)7)14-9(11,12)13/h1-4H. The highest BCUT2D eigenvalue weighted by Gasteiger charge is 2.32. The monoisotopic (exact) mass is 252 g/mol. The van der Waals surface area contributed by atoms with E-state index in [9.17, 15) is 13.2 Å². The number of ether oxygens (including phenoxy) is 1. The van der Waals surface area contributed by atoms with Gasteiger partial charge in [-0.15, -0.1) is 24.5 Å². The Hall–Kier alpha value is -0.940. The van der Waals surface area contributed by atoms with E-state index in [0.29, 0.717) is 10.1 Å². The zero-order valence-corrected chi connectivity index (χ0v) is 8.71. The van der Waals surface area contributed by atoms with Gasteiger partial charge in [0, 0.05) is 10.1 Å². The maximum absolute atomic E-state index is 12.0. The lowest BCUT2D eigenvalue weighted by Crippen LogP contribution is -2.17. The average molecular weight is 253 g/mol. The summed E-state index contributed by atoms with van der Waals surface area (Å²) >= 11 is 7.04. The van der Waals surface area contributed by atoms with Crippen LogP contribution in [-0.4, -0.2) is 6.36 Å². The molecule has 2 rings (SSSR count). The molecule has 0 aliphatic heterocycles. The Kier molecular flexibility index (Phi) is 2.52. The van der Waals surface area contributed by atoms with Crippen molar-refractivity contribution in [2.75, 3.05) is 0 Å². The number of halogens is 4. The second-order valence-corrected chi connectivity index (χ2v) is 4.08. The fourth-order valence-corrected chi connectivity index (χ4v) is 2.45. The molecule has 6 heteroatoms. The molecule has 0 bridgehead atoms. The van der Waals surface area contributed by atoms with Crippen molar-refractivity contribution >= 4 is 33.0 Å². The minimum absolute atomic E-state index is 0.258. The van der Waals surface area contributed by atoms with Crippen LogP contribution in [0.5, 0.6) is 5.75 Å². The topological polar surface area (TPSA) is 9.23 Å². The number of hydrogen-bond acceptors (Lipinski definition) is 2. The molecule has 2 aromatic rings. The Morgan fingerprint density at radius 3 is 2.67 bits per heavy atom. The van der Waals surface area contributed by atoms with Gasteiger partial charge < -0.3 is 4.74 Å². The quantitative estimate of drug-likeness (QED) is 0.728. The second-order valence-electron chi connectivity index (χ2n) is 2.76. The third-order valence-electron chi connectivity index (χ3n) is 1.74. The van der Waals surface area contributed by atoms with Crippen molar-refractivity contribution < 1.29 is 17.9 Å². The van der Waals surface area contributed by atoms with Crippen LogP contribution in [0.4, 0.5) is 13.2 Å². The predicted octanol–water partition coefficient (Wildman–Crippen LogP) is 4.45. The molecule has 0 saturated carbocycles. The number of thiophene rings is 1. The van der Waals surface area contributed by atoms with Crippen molar-refractivity contribution in [1.29, 1.82) is 0 Å². The summed E-state index contributed by atoms with van der Waals surface area (Å²) in [6.07, 6.45) is -4.69. The molecule has 15 heavy (non-hydrogen) atoms. The molecule has 0 spiro atoms. The first-order valence-electron chi connectivity index (χ1n) is 3.89. The lowest BCUT2D eigenvalue weighted by atomic mass is 10.2. The normalized spacial score (nSPS) is 12.0. The average Bonchev–Trinajstić information content (AvgIpc) is 2.46. The Morgan fingerprint density at radius 1 is 1.27 bits per heavy atom. The fourth-order valence-electron chi connectivity index (χ4n) is 1.23. The van der Waals surface area contributed by atoms with Crippen molar-refractivity contribution in [1.82, 2.24) is 0 Å². The van der Waals surface area contributed by atoms with Crippen molar-refractivity contribution in [3.05, 3.63) is 28.6 Å². The van der Waals surface area contributed by atoms with Gasteiger partial charge in [-0.25, -0.2) is 0 Å². The highest BCUT2D eigenvalue weighted by molar-refractivity contribution is 7.17. The molecule has 0 fully saturated rings. The predicted molar refractivity (Wildman–Crippen MR) is 53.5 cm³/mol. The maximum atomic E-state index is 12.0. The minimum Gasteiger partial charge on any atom is -0.405 e. The number of rotatable bonds is 1. The fraction of sp³-hybridized carbons (Fsp3) is 0.111. The van der Waals surface area contributed by atoms with E-state index in [1.165, 1.54) is 23.5 Å². The summed E-state index contributed by atoms with van der Waals surface area (Å²) in [5.41, 5.74) is 0. The SMILES string of the molecule is FC(F)(F)Oc1cccc2scc(Cl)c12. The van der Waals surface area contributed by atoms with Gasteiger partial charge in [-0.1, -0.05) is 17.7 Å². The maximum Gasteiger partial charge on any atom is 0.573 e. The zero-order chi connectivity index (χ0) is 11.1. The Labute approximate surface area is 92.0 Å². The number of alkyl halides is 3. The van der Waals surface area contributed by atoms with Gasteiger partial charge in [0.05, 0.1) is 10.4 Å². The molecule has 1 nitrogen and oxygen atoms in total. The summed E-state index contributed by atoms with van der Waals surface area (Å²) in [6.45, 7) is 0. The smallest absolute Gasteiger partial charge is 0.405 e. The molecule has 0 aliphatic rings. The Morgan fingerprint density at radius 2 is 2.00 bits per heavy atom. The second kappa shape index (κ2) is 3.57. The van der Waals surface area contributed by atoms with Crippen LogP contribution in [0.25, 0.3) is 10.1 Å². The molecule has 0 unspecified atom stereocenters. The first-order valence-corrected chi connectivity index (χ1v) is 5.14. The number of fused-ring (bicyclic) bond motifs is 1. The minimum atomic E-state index is -4.69. The van der Waals surface area contributed by atoms with E-state index < -0.39 is 6.36 Å². The molecule has 0 N–H and O–H groups in total. The van der Waals surface area contributed by atoms with E-state index >= 15 is 0 Å². The summed E-state index contributed by atoms with van der Waals surface area (Å²) < 4.78 is 40.7. The molecule has 1 aromatic carbocycles. The van der Waals surface area contributed by atoms with Crippen LogP contribution in [0.1, 0.15) is 0 Å². The molecular formula is C9H4ClF3OS. The van der Waals surface area contributed by atoms with Crippen molar-refractivity contribution in [2.24, 2.45) is 0 Å². The van der Waals surface area contributed by atoms with Gasteiger partial charge >= 0.3 is 6.36 Å². The lowest BCUT2D eigenvalue weighted by Gasteiger charge is -2.09. The van der Waals surface area contributed by atoms with Crippen molar-refractivity contribution in [3.63, 3.8) is 0 Å². The molecule has 1 heterocycles. The summed E-state index contributed by atoms with van der Waals surface area (Å²) in [7, 11) is 0. The molecule has 80 valence electrons. The van der Waals surface area contributed by atoms with E-state index in [4.69, 9.17) is 11.6 Å². The summed E-state index contributed by atoms with van der Waals surface area (Å²) in [4.78, 5) is 0. The van der Waals surface area contributed by atoms with Crippen LogP contribution in [-0.2, 0) is 0 Å². The molecule has 0 aliphatic carbocycles. The number of hydrogen-bond donors (Lipinski definition) is 0. The van der Waals surface area contributed by atoms with Crippen LogP contribution in [0.2, 0.25) is 5.02 Å². The highest BCUT2D eigenvalue weighted by Crippen LogP contribution is 2.38. The van der Waals surface area contributed by atoms with Gasteiger partial charge in [0.15, 0.2) is 0 Å². The largest absolute Gasteiger partial charge is 0.573 e. The van der Waals surface area contributed by atoms with Crippen LogP contribution in [0.15, 0.2) is 23.6 Å². The van der Waals surface area contributed by atoms with Gasteiger partial charge in [0.2, 0.25) is 0 Å². The third-order valence-corrected chi connectivity index (χ3v) is 3.12. The zero-order valence-electron chi connectivity index (χ0n) is 7.14. The third kappa shape index (κ3) is 2.18. The Bertz CT molecular complexity index is 492. The van der Waals surface area contributed by atoms with Gasteiger partial charge in [0.25, 0.3) is 0 Å². The van der Waals surface area contributed by atoms with Crippen LogP contribution in [0.3, 0.4) is 0 Å². The van der Waals surface area contributed by atoms with Gasteiger partial charge in [0.1, 0.15) is 5.75 Å². The highest BCUT2D eigenvalue weighted by atomic mass is 35.5. The summed E-state index contributed by atoms with van der Waals surface area (Å²) in [6, 6.07) is 4.43. The summed E-state index contributed by atoms with van der Waals surface area (Å²) in [5, 5.41) is 2.16. The first-order chi connectivity index (χ1) is 6.97. The Balaban J connectivity index is 2.55. The van der Waals surface area contributed by atoms with E-state index in [1.807, 2.05) is 0 Å². The molecule has 0 radical (unpaired) electrons.